The fourth-order valence-corrected chi connectivity index (χ4v) is 2.16. The van der Waals surface area contributed by atoms with Crippen LogP contribution < -0.4 is 5.32 Å². The second-order valence-electron chi connectivity index (χ2n) is 5.38. The zero-order valence-electron chi connectivity index (χ0n) is 13.0. The van der Waals surface area contributed by atoms with Crippen LogP contribution in [0.3, 0.4) is 0 Å². The number of aryl methyl sites for hydroxylation is 1. The van der Waals surface area contributed by atoms with Gasteiger partial charge in [-0.1, -0.05) is 53.2 Å². The second-order valence-corrected chi connectivity index (χ2v) is 5.38. The largest absolute Gasteiger partial charge is 0.341 e. The van der Waals surface area contributed by atoms with E-state index in [1.807, 2.05) is 56.3 Å². The minimum Gasteiger partial charge on any atom is -0.341 e. The third kappa shape index (κ3) is 3.45. The first-order chi connectivity index (χ1) is 11.1. The third-order valence-corrected chi connectivity index (χ3v) is 3.51. The standard InChI is InChI=1S/C18H17N3O2/c1-12-8-10-14(11-9-12)16-20-18(23-21-16)13(2)19-17(22)15-6-4-3-5-7-15/h3-11,13H,1-2H3,(H,19,22)/t13-/m0/s1. The molecule has 1 heterocycles. The van der Waals surface area contributed by atoms with Gasteiger partial charge in [0.15, 0.2) is 0 Å². The lowest BCUT2D eigenvalue weighted by Crippen LogP contribution is -2.26. The van der Waals surface area contributed by atoms with E-state index in [4.69, 9.17) is 4.52 Å². The Morgan fingerprint density at radius 3 is 2.48 bits per heavy atom. The Balaban J connectivity index is 1.72. The van der Waals surface area contributed by atoms with E-state index in [2.05, 4.69) is 15.5 Å². The van der Waals surface area contributed by atoms with E-state index in [0.29, 0.717) is 17.3 Å². The molecule has 3 aromatic rings. The molecule has 0 aliphatic heterocycles. The van der Waals surface area contributed by atoms with Gasteiger partial charge in [0.1, 0.15) is 6.04 Å². The van der Waals surface area contributed by atoms with Crippen molar-refractivity contribution in [3.05, 3.63) is 71.6 Å². The lowest BCUT2D eigenvalue weighted by atomic mass is 10.1. The number of carbonyl (C=O) groups is 1. The summed E-state index contributed by atoms with van der Waals surface area (Å²) in [6, 6.07) is 16.5. The molecule has 0 aliphatic rings. The number of hydrogen-bond donors (Lipinski definition) is 1. The summed E-state index contributed by atoms with van der Waals surface area (Å²) >= 11 is 0. The average molecular weight is 307 g/mol. The molecule has 1 aromatic heterocycles. The van der Waals surface area contributed by atoms with E-state index in [9.17, 15) is 4.79 Å². The molecule has 116 valence electrons. The van der Waals surface area contributed by atoms with Gasteiger partial charge in [-0.05, 0) is 26.0 Å². The van der Waals surface area contributed by atoms with Gasteiger partial charge < -0.3 is 9.84 Å². The minimum absolute atomic E-state index is 0.173. The number of aromatic nitrogens is 2. The molecule has 5 nitrogen and oxygen atoms in total. The maximum atomic E-state index is 12.1. The van der Waals surface area contributed by atoms with Crippen molar-refractivity contribution in [2.24, 2.45) is 0 Å². The summed E-state index contributed by atoms with van der Waals surface area (Å²) in [6.07, 6.45) is 0. The molecule has 2 aromatic carbocycles. The van der Waals surface area contributed by atoms with Crippen LogP contribution in [0.1, 0.15) is 34.8 Å². The predicted molar refractivity (Wildman–Crippen MR) is 86.8 cm³/mol. The van der Waals surface area contributed by atoms with Crippen molar-refractivity contribution in [2.45, 2.75) is 19.9 Å². The predicted octanol–water partition coefficient (Wildman–Crippen LogP) is 3.54. The highest BCUT2D eigenvalue weighted by atomic mass is 16.5. The van der Waals surface area contributed by atoms with Crippen LogP contribution in [0, 0.1) is 6.92 Å². The number of amides is 1. The van der Waals surface area contributed by atoms with Crippen LogP contribution in [-0.4, -0.2) is 16.0 Å². The molecule has 1 N–H and O–H groups in total. The van der Waals surface area contributed by atoms with Crippen LogP contribution in [0.25, 0.3) is 11.4 Å². The summed E-state index contributed by atoms with van der Waals surface area (Å²) in [5.41, 5.74) is 2.64. The third-order valence-electron chi connectivity index (χ3n) is 3.51. The van der Waals surface area contributed by atoms with Gasteiger partial charge in [0.25, 0.3) is 5.91 Å². The van der Waals surface area contributed by atoms with Crippen LogP contribution in [-0.2, 0) is 0 Å². The first kappa shape index (κ1) is 15.0. The van der Waals surface area contributed by atoms with Crippen LogP contribution in [0.4, 0.5) is 0 Å². The Morgan fingerprint density at radius 2 is 1.78 bits per heavy atom. The minimum atomic E-state index is -0.366. The first-order valence-corrected chi connectivity index (χ1v) is 7.40. The van der Waals surface area contributed by atoms with Gasteiger partial charge in [-0.15, -0.1) is 0 Å². The summed E-state index contributed by atoms with van der Waals surface area (Å²) in [4.78, 5) is 16.5. The van der Waals surface area contributed by atoms with E-state index in [-0.39, 0.29) is 11.9 Å². The Bertz CT molecular complexity index is 795. The molecular weight excluding hydrogens is 290 g/mol. The molecular formula is C18H17N3O2. The molecule has 0 bridgehead atoms. The van der Waals surface area contributed by atoms with Crippen molar-refractivity contribution in [3.63, 3.8) is 0 Å². The Hall–Kier alpha value is -2.95. The topological polar surface area (TPSA) is 68.0 Å². The SMILES string of the molecule is Cc1ccc(-c2noc([C@H](C)NC(=O)c3ccccc3)n2)cc1. The van der Waals surface area contributed by atoms with Gasteiger partial charge in [0, 0.05) is 11.1 Å². The molecule has 1 atom stereocenters. The average Bonchev–Trinajstić information content (AvgIpc) is 3.06. The molecule has 5 heteroatoms. The molecule has 0 saturated carbocycles. The molecule has 23 heavy (non-hydrogen) atoms. The number of carbonyl (C=O) groups excluding carboxylic acids is 1. The summed E-state index contributed by atoms with van der Waals surface area (Å²) < 4.78 is 5.27. The summed E-state index contributed by atoms with van der Waals surface area (Å²) in [5, 5.41) is 6.83. The maximum absolute atomic E-state index is 12.1. The van der Waals surface area contributed by atoms with E-state index in [0.717, 1.165) is 5.56 Å². The van der Waals surface area contributed by atoms with Gasteiger partial charge in [0.05, 0.1) is 0 Å². The molecule has 0 radical (unpaired) electrons. The van der Waals surface area contributed by atoms with Gasteiger partial charge in [-0.2, -0.15) is 4.98 Å². The lowest BCUT2D eigenvalue weighted by Gasteiger charge is -2.09. The van der Waals surface area contributed by atoms with E-state index in [1.165, 1.54) is 5.56 Å². The molecule has 0 unspecified atom stereocenters. The Morgan fingerprint density at radius 1 is 1.09 bits per heavy atom. The van der Waals surface area contributed by atoms with Crippen molar-refractivity contribution in [2.75, 3.05) is 0 Å². The van der Waals surface area contributed by atoms with Crippen LogP contribution >= 0.6 is 0 Å². The summed E-state index contributed by atoms with van der Waals surface area (Å²) in [5.74, 6) is 0.721. The Kier molecular flexibility index (Phi) is 4.19. The van der Waals surface area contributed by atoms with Gasteiger partial charge in [-0.3, -0.25) is 4.79 Å². The summed E-state index contributed by atoms with van der Waals surface area (Å²) in [6.45, 7) is 3.83. The van der Waals surface area contributed by atoms with Crippen LogP contribution in [0.15, 0.2) is 59.1 Å². The molecule has 1 amide bonds. The number of rotatable bonds is 4. The van der Waals surface area contributed by atoms with E-state index < -0.39 is 0 Å². The first-order valence-electron chi connectivity index (χ1n) is 7.40. The van der Waals surface area contributed by atoms with E-state index in [1.54, 1.807) is 12.1 Å². The number of hydrogen-bond acceptors (Lipinski definition) is 4. The second kappa shape index (κ2) is 6.44. The quantitative estimate of drug-likeness (QED) is 0.800. The normalized spacial score (nSPS) is 11.9. The van der Waals surface area contributed by atoms with Gasteiger partial charge in [0.2, 0.25) is 11.7 Å². The van der Waals surface area contributed by atoms with Crippen molar-refractivity contribution >= 4 is 5.91 Å². The highest BCUT2D eigenvalue weighted by molar-refractivity contribution is 5.94. The van der Waals surface area contributed by atoms with Crippen molar-refractivity contribution < 1.29 is 9.32 Å². The highest BCUT2D eigenvalue weighted by Crippen LogP contribution is 2.19. The zero-order valence-corrected chi connectivity index (χ0v) is 13.0. The monoisotopic (exact) mass is 307 g/mol. The lowest BCUT2D eigenvalue weighted by molar-refractivity contribution is 0.0932. The maximum Gasteiger partial charge on any atom is 0.251 e. The molecule has 3 rings (SSSR count). The van der Waals surface area contributed by atoms with Gasteiger partial charge in [-0.25, -0.2) is 0 Å². The van der Waals surface area contributed by atoms with Crippen molar-refractivity contribution in [1.29, 1.82) is 0 Å². The van der Waals surface area contributed by atoms with Crippen LogP contribution in [0.2, 0.25) is 0 Å². The number of benzene rings is 2. The number of nitrogens with zero attached hydrogens (tertiary/aromatic N) is 2. The summed E-state index contributed by atoms with van der Waals surface area (Å²) in [7, 11) is 0. The molecule has 0 aliphatic carbocycles. The van der Waals surface area contributed by atoms with Crippen molar-refractivity contribution in [1.82, 2.24) is 15.5 Å². The molecule has 0 fully saturated rings. The Labute approximate surface area is 134 Å². The van der Waals surface area contributed by atoms with Crippen LogP contribution in [0.5, 0.6) is 0 Å². The van der Waals surface area contributed by atoms with Crippen molar-refractivity contribution in [3.8, 4) is 11.4 Å². The molecule has 0 saturated heterocycles. The zero-order chi connectivity index (χ0) is 16.2. The fraction of sp³-hybridized carbons (Fsp3) is 0.167. The fourth-order valence-electron chi connectivity index (χ4n) is 2.16. The highest BCUT2D eigenvalue weighted by Gasteiger charge is 2.18. The van der Waals surface area contributed by atoms with Gasteiger partial charge >= 0.3 is 0 Å². The molecule has 0 spiro atoms. The number of nitrogens with one attached hydrogen (secondary N) is 1. The smallest absolute Gasteiger partial charge is 0.251 e. The van der Waals surface area contributed by atoms with E-state index >= 15 is 0 Å².